The lowest BCUT2D eigenvalue weighted by molar-refractivity contribution is 0.261. The molecule has 5 heteroatoms. The number of aliphatic hydroxyl groups is 1. The maximum Gasteiger partial charge on any atom is 0.124 e. The van der Waals surface area contributed by atoms with E-state index >= 15 is 0 Å². The van der Waals surface area contributed by atoms with Gasteiger partial charge >= 0.3 is 0 Å². The fraction of sp³-hybridized carbons (Fsp3) is 0.161. The normalized spacial score (nSPS) is 11.1. The van der Waals surface area contributed by atoms with Crippen LogP contribution in [0.15, 0.2) is 97.2 Å². The summed E-state index contributed by atoms with van der Waals surface area (Å²) < 4.78 is 5.94. The molecule has 5 rings (SSSR count). The van der Waals surface area contributed by atoms with Crippen molar-refractivity contribution in [1.82, 2.24) is 9.97 Å². The van der Waals surface area contributed by atoms with Gasteiger partial charge in [-0.2, -0.15) is 0 Å². The standard InChI is InChI=1S/C31H29N3O2/c32-20-22-12-14-24(15-13-22)31-26(23-7-2-1-3-8-23)19-27-28(33-17-16-29(27)34-31)10-6-18-36-30-11-5-4-9-25(30)21-35/h1-5,7-9,11-17,19,35H,6,10,18,20-21,32H2. The molecule has 0 bridgehead atoms. The molecule has 3 aromatic carbocycles. The largest absolute Gasteiger partial charge is 0.493 e. The summed E-state index contributed by atoms with van der Waals surface area (Å²) >= 11 is 0. The predicted molar refractivity (Wildman–Crippen MR) is 144 cm³/mol. The number of rotatable bonds is 9. The third-order valence-electron chi connectivity index (χ3n) is 6.33. The van der Waals surface area contributed by atoms with Crippen molar-refractivity contribution in [2.75, 3.05) is 6.61 Å². The summed E-state index contributed by atoms with van der Waals surface area (Å²) in [6.07, 6.45) is 3.39. The Morgan fingerprint density at radius 2 is 1.61 bits per heavy atom. The van der Waals surface area contributed by atoms with Gasteiger partial charge in [-0.05, 0) is 42.2 Å². The van der Waals surface area contributed by atoms with Gasteiger partial charge in [0.2, 0.25) is 0 Å². The van der Waals surface area contributed by atoms with Gasteiger partial charge in [-0.3, -0.25) is 4.98 Å². The molecule has 3 N–H and O–H groups in total. The molecule has 2 aromatic heterocycles. The van der Waals surface area contributed by atoms with Crippen LogP contribution in [0.4, 0.5) is 0 Å². The number of para-hydroxylation sites is 1. The van der Waals surface area contributed by atoms with Crippen LogP contribution in [-0.2, 0) is 19.6 Å². The van der Waals surface area contributed by atoms with Gasteiger partial charge in [0.1, 0.15) is 5.75 Å². The molecule has 0 radical (unpaired) electrons. The van der Waals surface area contributed by atoms with Gasteiger partial charge in [-0.25, -0.2) is 4.98 Å². The van der Waals surface area contributed by atoms with E-state index in [4.69, 9.17) is 20.4 Å². The quantitative estimate of drug-likeness (QED) is 0.258. The van der Waals surface area contributed by atoms with Crippen LogP contribution in [0.5, 0.6) is 5.75 Å². The maximum atomic E-state index is 9.52. The van der Waals surface area contributed by atoms with Crippen molar-refractivity contribution in [3.63, 3.8) is 0 Å². The Morgan fingerprint density at radius 1 is 0.833 bits per heavy atom. The highest BCUT2D eigenvalue weighted by Gasteiger charge is 2.14. The van der Waals surface area contributed by atoms with Crippen molar-refractivity contribution < 1.29 is 9.84 Å². The topological polar surface area (TPSA) is 81.3 Å². The Labute approximate surface area is 211 Å². The minimum absolute atomic E-state index is 0.0355. The highest BCUT2D eigenvalue weighted by molar-refractivity contribution is 5.92. The minimum Gasteiger partial charge on any atom is -0.493 e. The Bertz CT molecular complexity index is 1450. The molecule has 0 amide bonds. The molecule has 0 spiro atoms. The third-order valence-corrected chi connectivity index (χ3v) is 6.33. The number of benzene rings is 3. The first kappa shape index (κ1) is 23.7. The van der Waals surface area contributed by atoms with Crippen LogP contribution < -0.4 is 10.5 Å². The molecule has 0 fully saturated rings. The van der Waals surface area contributed by atoms with Crippen LogP contribution in [0.25, 0.3) is 33.3 Å². The number of ether oxygens (including phenoxy) is 1. The van der Waals surface area contributed by atoms with Crippen LogP contribution in [0, 0.1) is 0 Å². The van der Waals surface area contributed by atoms with Gasteiger partial charge in [-0.15, -0.1) is 0 Å². The van der Waals surface area contributed by atoms with Crippen molar-refractivity contribution >= 4 is 10.9 Å². The maximum absolute atomic E-state index is 9.52. The fourth-order valence-corrected chi connectivity index (χ4v) is 4.41. The highest BCUT2D eigenvalue weighted by atomic mass is 16.5. The third kappa shape index (κ3) is 5.13. The Hall–Kier alpha value is -4.06. The first-order valence-corrected chi connectivity index (χ1v) is 12.2. The van der Waals surface area contributed by atoms with Crippen LogP contribution in [0.3, 0.4) is 0 Å². The predicted octanol–water partition coefficient (Wildman–Crippen LogP) is 5.93. The van der Waals surface area contributed by atoms with E-state index in [1.54, 1.807) is 0 Å². The molecule has 2 heterocycles. The molecular formula is C31H29N3O2. The Balaban J connectivity index is 1.46. The summed E-state index contributed by atoms with van der Waals surface area (Å²) in [4.78, 5) is 9.80. The van der Waals surface area contributed by atoms with E-state index in [-0.39, 0.29) is 6.61 Å². The van der Waals surface area contributed by atoms with Crippen molar-refractivity contribution in [2.45, 2.75) is 26.0 Å². The number of hydrogen-bond donors (Lipinski definition) is 2. The van der Waals surface area contributed by atoms with E-state index in [1.807, 2.05) is 54.7 Å². The summed E-state index contributed by atoms with van der Waals surface area (Å²) in [7, 11) is 0. The molecule has 180 valence electrons. The first-order chi connectivity index (χ1) is 17.8. The molecule has 0 aliphatic carbocycles. The zero-order chi connectivity index (χ0) is 24.7. The summed E-state index contributed by atoms with van der Waals surface area (Å²) in [6, 6.07) is 30.4. The molecule has 0 aliphatic heterocycles. The van der Waals surface area contributed by atoms with Crippen molar-refractivity contribution in [1.29, 1.82) is 0 Å². The molecule has 36 heavy (non-hydrogen) atoms. The van der Waals surface area contributed by atoms with Gasteiger partial charge in [-0.1, -0.05) is 72.8 Å². The van der Waals surface area contributed by atoms with E-state index in [1.165, 1.54) is 0 Å². The second-order valence-corrected chi connectivity index (χ2v) is 8.69. The average molecular weight is 476 g/mol. The van der Waals surface area contributed by atoms with Crippen LogP contribution in [0.2, 0.25) is 0 Å². The second kappa shape index (κ2) is 11.1. The smallest absolute Gasteiger partial charge is 0.124 e. The summed E-state index contributed by atoms with van der Waals surface area (Å²) in [6.45, 7) is 1.02. The van der Waals surface area contributed by atoms with Crippen molar-refractivity contribution in [3.8, 4) is 28.1 Å². The molecule has 5 nitrogen and oxygen atoms in total. The van der Waals surface area contributed by atoms with E-state index in [2.05, 4.69) is 42.5 Å². The molecule has 0 saturated heterocycles. The number of pyridine rings is 2. The number of nitrogens with two attached hydrogens (primary N) is 1. The van der Waals surface area contributed by atoms with Crippen molar-refractivity contribution in [3.05, 3.63) is 114 Å². The van der Waals surface area contributed by atoms with Gasteiger partial charge in [0.25, 0.3) is 0 Å². The lowest BCUT2D eigenvalue weighted by Gasteiger charge is -2.14. The summed E-state index contributed by atoms with van der Waals surface area (Å²) in [5.74, 6) is 0.726. The van der Waals surface area contributed by atoms with E-state index < -0.39 is 0 Å². The van der Waals surface area contributed by atoms with Gasteiger partial charge in [0.05, 0.1) is 24.4 Å². The summed E-state index contributed by atoms with van der Waals surface area (Å²) in [5.41, 5.74) is 13.8. The number of aryl methyl sites for hydroxylation is 1. The van der Waals surface area contributed by atoms with E-state index in [0.29, 0.717) is 13.2 Å². The molecule has 0 unspecified atom stereocenters. The van der Waals surface area contributed by atoms with Crippen LogP contribution >= 0.6 is 0 Å². The van der Waals surface area contributed by atoms with Crippen LogP contribution in [0.1, 0.15) is 23.2 Å². The van der Waals surface area contributed by atoms with E-state index in [0.717, 1.165) is 68.7 Å². The molecule has 0 aliphatic rings. The SMILES string of the molecule is NCc1ccc(-c2nc3ccnc(CCCOc4ccccc4CO)c3cc2-c2ccccc2)cc1. The number of aliphatic hydroxyl groups excluding tert-OH is 1. The minimum atomic E-state index is -0.0355. The van der Waals surface area contributed by atoms with Gasteiger partial charge in [0, 0.05) is 40.5 Å². The number of nitrogens with zero attached hydrogens (tertiary/aromatic N) is 2. The molecule has 0 atom stereocenters. The molecule has 5 aromatic rings. The van der Waals surface area contributed by atoms with Crippen molar-refractivity contribution in [2.24, 2.45) is 5.73 Å². The summed E-state index contributed by atoms with van der Waals surface area (Å²) in [5, 5.41) is 10.6. The lowest BCUT2D eigenvalue weighted by atomic mass is 9.96. The highest BCUT2D eigenvalue weighted by Crippen LogP contribution is 2.34. The number of aromatic nitrogens is 2. The van der Waals surface area contributed by atoms with Crippen LogP contribution in [-0.4, -0.2) is 21.7 Å². The number of hydrogen-bond acceptors (Lipinski definition) is 5. The first-order valence-electron chi connectivity index (χ1n) is 12.2. The Morgan fingerprint density at radius 3 is 2.39 bits per heavy atom. The number of fused-ring (bicyclic) bond motifs is 1. The lowest BCUT2D eigenvalue weighted by Crippen LogP contribution is -2.03. The fourth-order valence-electron chi connectivity index (χ4n) is 4.41. The zero-order valence-corrected chi connectivity index (χ0v) is 20.1. The monoisotopic (exact) mass is 475 g/mol. The molecule has 0 saturated carbocycles. The average Bonchev–Trinajstić information content (AvgIpc) is 2.95. The van der Waals surface area contributed by atoms with Gasteiger partial charge < -0.3 is 15.6 Å². The van der Waals surface area contributed by atoms with Gasteiger partial charge in [0.15, 0.2) is 0 Å². The molecular weight excluding hydrogens is 446 g/mol. The Kier molecular flexibility index (Phi) is 7.31. The zero-order valence-electron chi connectivity index (χ0n) is 20.1. The second-order valence-electron chi connectivity index (χ2n) is 8.69. The van der Waals surface area contributed by atoms with E-state index in [9.17, 15) is 5.11 Å².